The Morgan fingerprint density at radius 2 is 1.50 bits per heavy atom. The van der Waals surface area contributed by atoms with E-state index in [1.54, 1.807) is 0 Å². The molecule has 0 fully saturated rings. The molecular formula is C14H22N6O8. The van der Waals surface area contributed by atoms with Gasteiger partial charge < -0.3 is 31.3 Å². The van der Waals surface area contributed by atoms with Crippen LogP contribution in [-0.2, 0) is 19.2 Å². The highest BCUT2D eigenvalue weighted by molar-refractivity contribution is 5.86. The third kappa shape index (κ3) is 11.9. The molecule has 14 nitrogen and oxygen atoms in total. The lowest BCUT2D eigenvalue weighted by atomic mass is 10.1. The molecule has 0 aromatic heterocycles. The number of nitrogens with zero attached hydrogens (tertiary/aromatic N) is 3. The summed E-state index contributed by atoms with van der Waals surface area (Å²) in [6.45, 7) is -0.128. The number of hydrogen-bond acceptors (Lipinski definition) is 6. The van der Waals surface area contributed by atoms with Crippen molar-refractivity contribution < 1.29 is 39.3 Å². The minimum atomic E-state index is -1.48. The number of hydrogen-bond donors (Lipinski definition) is 6. The summed E-state index contributed by atoms with van der Waals surface area (Å²) in [6, 6.07) is -3.82. The normalized spacial score (nSPS) is 12.0. The zero-order valence-corrected chi connectivity index (χ0v) is 14.8. The highest BCUT2D eigenvalue weighted by Crippen LogP contribution is 2.03. The van der Waals surface area contributed by atoms with Crippen LogP contribution in [0.2, 0.25) is 0 Å². The summed E-state index contributed by atoms with van der Waals surface area (Å²) in [5.41, 5.74) is 8.07. The number of carboxylic acids is 3. The van der Waals surface area contributed by atoms with E-state index in [0.717, 1.165) is 0 Å². The Morgan fingerprint density at radius 1 is 0.929 bits per heavy atom. The Labute approximate surface area is 158 Å². The molecule has 0 saturated carbocycles. The molecule has 0 aromatic carbocycles. The van der Waals surface area contributed by atoms with E-state index in [4.69, 9.17) is 20.9 Å². The first kappa shape index (κ1) is 24.5. The van der Waals surface area contributed by atoms with Crippen molar-refractivity contribution >= 4 is 29.8 Å². The first-order valence-corrected chi connectivity index (χ1v) is 8.19. The van der Waals surface area contributed by atoms with Gasteiger partial charge in [-0.25, -0.2) is 14.4 Å². The van der Waals surface area contributed by atoms with Crippen molar-refractivity contribution in [2.24, 2.45) is 5.11 Å². The molecule has 0 bridgehead atoms. The lowest BCUT2D eigenvalue weighted by Crippen LogP contribution is -2.51. The minimum Gasteiger partial charge on any atom is -0.481 e. The van der Waals surface area contributed by atoms with E-state index in [9.17, 15) is 24.0 Å². The third-order valence-electron chi connectivity index (χ3n) is 3.37. The van der Waals surface area contributed by atoms with Crippen LogP contribution in [0, 0.1) is 0 Å². The molecule has 156 valence electrons. The summed E-state index contributed by atoms with van der Waals surface area (Å²) in [5, 5.41) is 36.3. The van der Waals surface area contributed by atoms with Gasteiger partial charge in [-0.2, -0.15) is 0 Å². The van der Waals surface area contributed by atoms with Gasteiger partial charge in [-0.05, 0) is 31.2 Å². The van der Waals surface area contributed by atoms with Gasteiger partial charge in [-0.15, -0.1) is 0 Å². The van der Waals surface area contributed by atoms with E-state index in [-0.39, 0.29) is 25.9 Å². The van der Waals surface area contributed by atoms with Gasteiger partial charge in [-0.1, -0.05) is 5.11 Å². The summed E-state index contributed by atoms with van der Waals surface area (Å²) >= 11 is 0. The fourth-order valence-corrected chi connectivity index (χ4v) is 1.99. The first-order chi connectivity index (χ1) is 13.2. The maximum absolute atomic E-state index is 11.8. The van der Waals surface area contributed by atoms with Crippen molar-refractivity contribution in [2.75, 3.05) is 13.1 Å². The third-order valence-corrected chi connectivity index (χ3v) is 3.37. The number of amides is 3. The van der Waals surface area contributed by atoms with Gasteiger partial charge in [0.05, 0.1) is 0 Å². The number of urea groups is 1. The van der Waals surface area contributed by atoms with Crippen LogP contribution < -0.4 is 16.0 Å². The standard InChI is InChI=1S/C14H22N6O8/c15-20-17-7-10(21)16-6-2-1-3-8(12(24)25)18-14(28)19-9(13(26)27)4-5-11(22)23/h8-9H,1-7H2,(H,16,21)(H,22,23)(H,24,25)(H,26,27)(H2,18,19,28). The zero-order chi connectivity index (χ0) is 21.5. The van der Waals surface area contributed by atoms with Crippen molar-refractivity contribution in [3.63, 3.8) is 0 Å². The van der Waals surface area contributed by atoms with E-state index >= 15 is 0 Å². The zero-order valence-electron chi connectivity index (χ0n) is 14.8. The topological polar surface area (TPSA) is 231 Å². The van der Waals surface area contributed by atoms with E-state index in [1.807, 2.05) is 5.32 Å². The van der Waals surface area contributed by atoms with E-state index in [1.165, 1.54) is 0 Å². The average Bonchev–Trinajstić information content (AvgIpc) is 2.61. The molecule has 0 radical (unpaired) electrons. The molecule has 0 aliphatic rings. The Morgan fingerprint density at radius 3 is 2.00 bits per heavy atom. The van der Waals surface area contributed by atoms with Crippen LogP contribution in [0.25, 0.3) is 10.4 Å². The highest BCUT2D eigenvalue weighted by Gasteiger charge is 2.24. The minimum absolute atomic E-state index is 0.0157. The quantitative estimate of drug-likeness (QED) is 0.0970. The van der Waals surface area contributed by atoms with Gasteiger partial charge in [-0.3, -0.25) is 9.59 Å². The molecule has 0 aromatic rings. The number of carbonyl (C=O) groups is 5. The maximum atomic E-state index is 11.8. The molecule has 2 unspecified atom stereocenters. The monoisotopic (exact) mass is 402 g/mol. The van der Waals surface area contributed by atoms with Gasteiger partial charge >= 0.3 is 23.9 Å². The molecule has 14 heteroatoms. The van der Waals surface area contributed by atoms with Gasteiger partial charge in [0.15, 0.2) is 0 Å². The van der Waals surface area contributed by atoms with Crippen molar-refractivity contribution in [1.82, 2.24) is 16.0 Å². The van der Waals surface area contributed by atoms with Crippen LogP contribution in [0.15, 0.2) is 5.11 Å². The van der Waals surface area contributed by atoms with Crippen LogP contribution in [0.3, 0.4) is 0 Å². The Kier molecular flexibility index (Phi) is 11.9. The van der Waals surface area contributed by atoms with Gasteiger partial charge in [0.25, 0.3) is 0 Å². The van der Waals surface area contributed by atoms with Crippen molar-refractivity contribution in [1.29, 1.82) is 0 Å². The van der Waals surface area contributed by atoms with E-state index in [0.29, 0.717) is 12.8 Å². The number of nitrogens with one attached hydrogen (secondary N) is 3. The predicted octanol–water partition coefficient (Wildman–Crippen LogP) is -0.346. The summed E-state index contributed by atoms with van der Waals surface area (Å²) in [7, 11) is 0. The smallest absolute Gasteiger partial charge is 0.326 e. The summed E-state index contributed by atoms with van der Waals surface area (Å²) in [6.07, 6.45) is -0.107. The predicted molar refractivity (Wildman–Crippen MR) is 92.3 cm³/mol. The molecule has 0 rings (SSSR count). The number of unbranched alkanes of at least 4 members (excludes halogenated alkanes) is 1. The van der Waals surface area contributed by atoms with Gasteiger partial charge in [0.1, 0.15) is 18.6 Å². The highest BCUT2D eigenvalue weighted by atomic mass is 16.4. The fraction of sp³-hybridized carbons (Fsp3) is 0.643. The molecular weight excluding hydrogens is 380 g/mol. The molecule has 0 saturated heterocycles. The molecule has 0 heterocycles. The molecule has 0 aliphatic heterocycles. The molecule has 3 amide bonds. The maximum Gasteiger partial charge on any atom is 0.326 e. The van der Waals surface area contributed by atoms with Crippen LogP contribution in [0.4, 0.5) is 4.79 Å². The van der Waals surface area contributed by atoms with Crippen LogP contribution in [0.5, 0.6) is 0 Å². The summed E-state index contributed by atoms with van der Waals surface area (Å²) in [4.78, 5) is 58.1. The number of aliphatic carboxylic acids is 3. The largest absolute Gasteiger partial charge is 0.481 e. The van der Waals surface area contributed by atoms with Crippen molar-refractivity contribution in [2.45, 2.75) is 44.2 Å². The molecule has 6 N–H and O–H groups in total. The van der Waals surface area contributed by atoms with Crippen molar-refractivity contribution in [3.8, 4) is 0 Å². The Hall–Kier alpha value is -3.54. The van der Waals surface area contributed by atoms with Gasteiger partial charge in [0.2, 0.25) is 5.91 Å². The number of rotatable bonds is 14. The lowest BCUT2D eigenvalue weighted by molar-refractivity contribution is -0.140. The second kappa shape index (κ2) is 13.6. The second-order valence-electron chi connectivity index (χ2n) is 5.57. The second-order valence-corrected chi connectivity index (χ2v) is 5.57. The molecule has 0 spiro atoms. The van der Waals surface area contributed by atoms with E-state index in [2.05, 4.69) is 20.7 Å². The van der Waals surface area contributed by atoms with Crippen LogP contribution in [0.1, 0.15) is 32.1 Å². The fourth-order valence-electron chi connectivity index (χ4n) is 1.99. The number of carboxylic acid groups (broad SMARTS) is 3. The summed E-state index contributed by atoms with van der Waals surface area (Å²) < 4.78 is 0. The number of azide groups is 1. The van der Waals surface area contributed by atoms with Gasteiger partial charge in [0, 0.05) is 17.9 Å². The molecule has 0 aliphatic carbocycles. The number of carbonyl (C=O) groups excluding carboxylic acids is 2. The van der Waals surface area contributed by atoms with Crippen molar-refractivity contribution in [3.05, 3.63) is 10.4 Å². The summed E-state index contributed by atoms with van der Waals surface area (Å²) in [5.74, 6) is -4.49. The molecule has 2 atom stereocenters. The molecule has 28 heavy (non-hydrogen) atoms. The Bertz CT molecular complexity index is 633. The van der Waals surface area contributed by atoms with Crippen LogP contribution in [-0.4, -0.2) is 70.3 Å². The lowest BCUT2D eigenvalue weighted by Gasteiger charge is -2.18. The Balaban J connectivity index is 4.37. The van der Waals surface area contributed by atoms with Crippen LogP contribution >= 0.6 is 0 Å². The average molecular weight is 402 g/mol. The first-order valence-electron chi connectivity index (χ1n) is 8.19. The SMILES string of the molecule is [N-]=[N+]=NCC(=O)NCCCCC(NC(=O)NC(CCC(=O)O)C(=O)O)C(=O)O. The van der Waals surface area contributed by atoms with E-state index < -0.39 is 48.4 Å².